The zero-order valence-corrected chi connectivity index (χ0v) is 18.5. The van der Waals surface area contributed by atoms with Gasteiger partial charge >= 0.3 is 5.97 Å². The summed E-state index contributed by atoms with van der Waals surface area (Å²) in [7, 11) is -0.446. The summed E-state index contributed by atoms with van der Waals surface area (Å²) in [4.78, 5) is 21.0. The number of hydrogen-bond donors (Lipinski definition) is 1. The number of nitrogens with zero attached hydrogens (tertiary/aromatic N) is 1. The Hall–Kier alpha value is -1.66. The number of carbonyl (C=O) groups is 1. The van der Waals surface area contributed by atoms with Crippen LogP contribution >= 0.6 is 0 Å². The van der Waals surface area contributed by atoms with Crippen LogP contribution in [0.25, 0.3) is 11.0 Å². The van der Waals surface area contributed by atoms with Crippen molar-refractivity contribution < 1.29 is 14.3 Å². The molecular formula is C22H32N2O3Si. The minimum atomic E-state index is -0.967. The smallest absolute Gasteiger partial charge is 0.343 e. The van der Waals surface area contributed by atoms with E-state index in [0.717, 1.165) is 35.3 Å². The summed E-state index contributed by atoms with van der Waals surface area (Å²) in [5.74, 6) is 0.781. The zero-order chi connectivity index (χ0) is 19.8. The van der Waals surface area contributed by atoms with Gasteiger partial charge in [-0.1, -0.05) is 44.5 Å². The van der Waals surface area contributed by atoms with Crippen molar-refractivity contribution in [2.24, 2.45) is 5.41 Å². The molecule has 0 bridgehead atoms. The van der Waals surface area contributed by atoms with Crippen LogP contribution in [0.1, 0.15) is 50.9 Å². The maximum absolute atomic E-state index is 12.7. The van der Waals surface area contributed by atoms with E-state index >= 15 is 0 Å². The van der Waals surface area contributed by atoms with Crippen molar-refractivity contribution in [1.29, 1.82) is 0 Å². The van der Waals surface area contributed by atoms with Crippen molar-refractivity contribution in [3.05, 3.63) is 29.6 Å². The Morgan fingerprint density at radius 1 is 1.32 bits per heavy atom. The minimum Gasteiger partial charge on any atom is -0.464 e. The fraction of sp³-hybridized carbons (Fsp3) is 0.636. The second-order valence-corrected chi connectivity index (χ2v) is 12.4. The van der Waals surface area contributed by atoms with Crippen LogP contribution in [-0.2, 0) is 26.3 Å². The highest BCUT2D eigenvalue weighted by Gasteiger charge is 2.46. The van der Waals surface area contributed by atoms with Gasteiger partial charge in [-0.2, -0.15) is 0 Å². The first-order valence-corrected chi connectivity index (χ1v) is 13.5. The third-order valence-corrected chi connectivity index (χ3v) is 9.25. The lowest BCUT2D eigenvalue weighted by Gasteiger charge is -2.35. The summed E-state index contributed by atoms with van der Waals surface area (Å²) < 4.78 is 11.3. The van der Waals surface area contributed by atoms with Gasteiger partial charge < -0.3 is 14.5 Å². The molecule has 3 heterocycles. The fourth-order valence-corrected chi connectivity index (χ4v) is 7.50. The molecule has 1 unspecified atom stereocenters. The van der Waals surface area contributed by atoms with Gasteiger partial charge in [0.25, 0.3) is 0 Å². The first kappa shape index (κ1) is 19.6. The molecule has 152 valence electrons. The van der Waals surface area contributed by atoms with Gasteiger partial charge in [-0.05, 0) is 42.9 Å². The standard InChI is InChI=1S/C22H32N2O3Si/c1-4-26-20(25)22(8-5-11-27-22)16-6-7-17-18(14-16)24-19(23-17)15-21(2)9-12-28(3)13-10-21/h6-7,14,28H,4-5,8-13,15H2,1-3H3,(H,23,24)/t21-,22?,28-. The Morgan fingerprint density at radius 3 is 2.79 bits per heavy atom. The van der Waals surface area contributed by atoms with Crippen LogP contribution in [0.15, 0.2) is 18.2 Å². The molecule has 2 aliphatic heterocycles. The lowest BCUT2D eigenvalue weighted by atomic mass is 9.81. The Bertz CT molecular complexity index is 849. The number of imidazole rings is 1. The van der Waals surface area contributed by atoms with E-state index in [4.69, 9.17) is 14.5 Å². The van der Waals surface area contributed by atoms with Gasteiger partial charge in [0, 0.05) is 21.8 Å². The molecule has 6 heteroatoms. The lowest BCUT2D eigenvalue weighted by molar-refractivity contribution is -0.167. The van der Waals surface area contributed by atoms with E-state index in [1.54, 1.807) is 0 Å². The van der Waals surface area contributed by atoms with Crippen molar-refractivity contribution in [2.75, 3.05) is 13.2 Å². The number of aromatic amines is 1. The third kappa shape index (κ3) is 3.64. The number of ether oxygens (including phenoxy) is 2. The van der Waals surface area contributed by atoms with Crippen LogP contribution in [0.4, 0.5) is 0 Å². The second kappa shape index (κ2) is 7.63. The van der Waals surface area contributed by atoms with Crippen LogP contribution in [-0.4, -0.2) is 37.9 Å². The summed E-state index contributed by atoms with van der Waals surface area (Å²) in [6.45, 7) is 7.69. The number of rotatable bonds is 5. The molecule has 1 aromatic heterocycles. The molecule has 0 aliphatic carbocycles. The molecule has 0 radical (unpaired) electrons. The van der Waals surface area contributed by atoms with E-state index < -0.39 is 14.4 Å². The zero-order valence-electron chi connectivity index (χ0n) is 17.3. The molecule has 2 fully saturated rings. The number of aromatic nitrogens is 2. The van der Waals surface area contributed by atoms with Crippen molar-refractivity contribution in [2.45, 2.75) is 70.2 Å². The number of benzene rings is 1. The Morgan fingerprint density at radius 2 is 2.11 bits per heavy atom. The number of fused-ring (bicyclic) bond motifs is 1. The van der Waals surface area contributed by atoms with Crippen LogP contribution < -0.4 is 0 Å². The SMILES string of the molecule is CCOC(=O)C1(c2ccc3nc(C[C@]4(C)CC[Si@@H](C)CC4)[nH]c3c2)CCCO1. The second-order valence-electron chi connectivity index (χ2n) is 9.08. The molecule has 1 atom stereocenters. The number of esters is 1. The fourth-order valence-electron chi connectivity index (χ4n) is 4.83. The van der Waals surface area contributed by atoms with Gasteiger partial charge in [0.1, 0.15) is 5.82 Å². The largest absolute Gasteiger partial charge is 0.464 e. The molecule has 5 nitrogen and oxygen atoms in total. The van der Waals surface area contributed by atoms with Crippen LogP contribution in [0.5, 0.6) is 0 Å². The number of carbonyl (C=O) groups excluding carboxylic acids is 1. The van der Waals surface area contributed by atoms with Gasteiger partial charge in [0.15, 0.2) is 5.60 Å². The summed E-state index contributed by atoms with van der Waals surface area (Å²) in [5, 5.41) is 0. The van der Waals surface area contributed by atoms with Gasteiger partial charge in [0.2, 0.25) is 0 Å². The molecule has 2 aliphatic rings. The Labute approximate surface area is 168 Å². The summed E-state index contributed by atoms with van der Waals surface area (Å²) in [5.41, 5.74) is 2.20. The highest BCUT2D eigenvalue weighted by atomic mass is 28.3. The average Bonchev–Trinajstić information content (AvgIpc) is 3.31. The topological polar surface area (TPSA) is 64.2 Å². The minimum absolute atomic E-state index is 0.278. The summed E-state index contributed by atoms with van der Waals surface area (Å²) in [6.07, 6.45) is 5.17. The van der Waals surface area contributed by atoms with E-state index in [2.05, 4.69) is 18.5 Å². The molecule has 0 amide bonds. The maximum Gasteiger partial charge on any atom is 0.343 e. The monoisotopic (exact) mass is 400 g/mol. The molecule has 1 N–H and O–H groups in total. The van der Waals surface area contributed by atoms with Crippen LogP contribution in [0.2, 0.25) is 18.6 Å². The highest BCUT2D eigenvalue weighted by molar-refractivity contribution is 6.57. The van der Waals surface area contributed by atoms with Crippen LogP contribution in [0, 0.1) is 5.41 Å². The van der Waals surface area contributed by atoms with Gasteiger partial charge in [-0.25, -0.2) is 9.78 Å². The first-order chi connectivity index (χ1) is 13.4. The quantitative estimate of drug-likeness (QED) is 0.599. The molecule has 4 rings (SSSR count). The Kier molecular flexibility index (Phi) is 5.36. The van der Waals surface area contributed by atoms with E-state index in [0.29, 0.717) is 25.0 Å². The number of H-pyrrole nitrogens is 1. The lowest BCUT2D eigenvalue weighted by Crippen LogP contribution is -2.36. The average molecular weight is 401 g/mol. The highest BCUT2D eigenvalue weighted by Crippen LogP contribution is 2.40. The predicted molar refractivity (Wildman–Crippen MR) is 113 cm³/mol. The molecule has 1 aromatic carbocycles. The maximum atomic E-state index is 12.7. The Balaban J connectivity index is 1.60. The normalized spacial score (nSPS) is 30.6. The van der Waals surface area contributed by atoms with E-state index in [1.807, 2.05) is 25.1 Å². The van der Waals surface area contributed by atoms with E-state index in [-0.39, 0.29) is 5.97 Å². The van der Waals surface area contributed by atoms with Crippen molar-refractivity contribution in [3.8, 4) is 0 Å². The van der Waals surface area contributed by atoms with Gasteiger partial charge in [0.05, 0.1) is 17.6 Å². The van der Waals surface area contributed by atoms with Crippen molar-refractivity contribution in [1.82, 2.24) is 9.97 Å². The molecule has 2 saturated heterocycles. The molecule has 2 aromatic rings. The first-order valence-electron chi connectivity index (χ1n) is 10.7. The third-order valence-electron chi connectivity index (χ3n) is 6.70. The van der Waals surface area contributed by atoms with Gasteiger partial charge in [-0.15, -0.1) is 0 Å². The summed E-state index contributed by atoms with van der Waals surface area (Å²) in [6, 6.07) is 8.91. The van der Waals surface area contributed by atoms with Gasteiger partial charge in [-0.3, -0.25) is 0 Å². The van der Waals surface area contributed by atoms with Crippen molar-refractivity contribution >= 4 is 25.8 Å². The predicted octanol–water partition coefficient (Wildman–Crippen LogP) is 4.33. The van der Waals surface area contributed by atoms with Crippen LogP contribution in [0.3, 0.4) is 0 Å². The van der Waals surface area contributed by atoms with E-state index in [9.17, 15) is 4.79 Å². The molecule has 0 saturated carbocycles. The molecule has 28 heavy (non-hydrogen) atoms. The number of hydrogen-bond acceptors (Lipinski definition) is 4. The molecular weight excluding hydrogens is 368 g/mol. The molecule has 0 spiro atoms. The van der Waals surface area contributed by atoms with E-state index in [1.165, 1.54) is 24.9 Å². The van der Waals surface area contributed by atoms with Crippen molar-refractivity contribution in [3.63, 3.8) is 0 Å². The summed E-state index contributed by atoms with van der Waals surface area (Å²) >= 11 is 0. The number of nitrogens with one attached hydrogen (secondary N) is 1.